The monoisotopic (exact) mass is 319 g/mol. The van der Waals surface area contributed by atoms with E-state index in [4.69, 9.17) is 4.52 Å². The van der Waals surface area contributed by atoms with E-state index in [1.54, 1.807) is 12.4 Å². The van der Waals surface area contributed by atoms with E-state index >= 15 is 0 Å². The third-order valence-electron chi connectivity index (χ3n) is 3.37. The second-order valence-corrected chi connectivity index (χ2v) is 6.19. The van der Waals surface area contributed by atoms with Crippen LogP contribution >= 0.6 is 11.8 Å². The van der Waals surface area contributed by atoms with Crippen LogP contribution in [-0.4, -0.2) is 50.7 Å². The molecule has 0 spiro atoms. The van der Waals surface area contributed by atoms with Gasteiger partial charge in [0, 0.05) is 42.6 Å². The van der Waals surface area contributed by atoms with E-state index in [-0.39, 0.29) is 12.1 Å². The standard InChI is InChI=1S/C14H17N5O2S/c1-10(16-14(20)19-5-7-22-8-6-19)13-17-12(18-21-13)11-3-2-4-15-9-11/h2-4,9-10H,5-8H2,1H3,(H,16,20). The third-order valence-corrected chi connectivity index (χ3v) is 4.31. The molecule has 3 rings (SSSR count). The highest BCUT2D eigenvalue weighted by molar-refractivity contribution is 7.99. The Morgan fingerprint density at radius 3 is 3.00 bits per heavy atom. The second-order valence-electron chi connectivity index (χ2n) is 4.97. The molecule has 2 aromatic rings. The molecule has 1 saturated heterocycles. The van der Waals surface area contributed by atoms with Crippen LogP contribution in [0.1, 0.15) is 18.9 Å². The quantitative estimate of drug-likeness (QED) is 0.931. The summed E-state index contributed by atoms with van der Waals surface area (Å²) in [6.45, 7) is 3.37. The molecule has 2 amide bonds. The zero-order valence-electron chi connectivity index (χ0n) is 12.2. The van der Waals surface area contributed by atoms with Gasteiger partial charge in [0.05, 0.1) is 0 Å². The van der Waals surface area contributed by atoms with Gasteiger partial charge in [0.1, 0.15) is 6.04 Å². The van der Waals surface area contributed by atoms with Crippen LogP contribution in [-0.2, 0) is 0 Å². The van der Waals surface area contributed by atoms with E-state index in [2.05, 4.69) is 20.4 Å². The lowest BCUT2D eigenvalue weighted by atomic mass is 10.3. The summed E-state index contributed by atoms with van der Waals surface area (Å²) >= 11 is 1.86. The zero-order chi connectivity index (χ0) is 15.4. The van der Waals surface area contributed by atoms with Gasteiger partial charge in [0.15, 0.2) is 0 Å². The van der Waals surface area contributed by atoms with Gasteiger partial charge in [-0.2, -0.15) is 16.7 Å². The number of hydrogen-bond acceptors (Lipinski definition) is 6. The summed E-state index contributed by atoms with van der Waals surface area (Å²) in [7, 11) is 0. The largest absolute Gasteiger partial charge is 0.337 e. The van der Waals surface area contributed by atoms with Crippen LogP contribution in [0.25, 0.3) is 11.4 Å². The number of hydrogen-bond donors (Lipinski definition) is 1. The van der Waals surface area contributed by atoms with Crippen molar-refractivity contribution in [2.45, 2.75) is 13.0 Å². The topological polar surface area (TPSA) is 84.2 Å². The molecule has 116 valence electrons. The van der Waals surface area contributed by atoms with Gasteiger partial charge >= 0.3 is 6.03 Å². The lowest BCUT2D eigenvalue weighted by Gasteiger charge is -2.27. The fraction of sp³-hybridized carbons (Fsp3) is 0.429. The minimum atomic E-state index is -0.333. The molecule has 1 fully saturated rings. The van der Waals surface area contributed by atoms with Crippen molar-refractivity contribution < 1.29 is 9.32 Å². The first-order valence-corrected chi connectivity index (χ1v) is 8.26. The number of pyridine rings is 1. The van der Waals surface area contributed by atoms with Crippen LogP contribution in [0, 0.1) is 0 Å². The van der Waals surface area contributed by atoms with Crippen LogP contribution in [0.5, 0.6) is 0 Å². The SMILES string of the molecule is CC(NC(=O)N1CCSCC1)c1nc(-c2cccnc2)no1. The van der Waals surface area contributed by atoms with E-state index in [9.17, 15) is 4.79 Å². The molecule has 1 N–H and O–H groups in total. The number of urea groups is 1. The summed E-state index contributed by atoms with van der Waals surface area (Å²) in [4.78, 5) is 22.3. The van der Waals surface area contributed by atoms with Gasteiger partial charge in [-0.15, -0.1) is 0 Å². The predicted molar refractivity (Wildman–Crippen MR) is 83.4 cm³/mol. The Bertz CT molecular complexity index is 627. The number of carbonyl (C=O) groups is 1. The summed E-state index contributed by atoms with van der Waals surface area (Å²) in [6.07, 6.45) is 3.35. The fourth-order valence-electron chi connectivity index (χ4n) is 2.13. The fourth-order valence-corrected chi connectivity index (χ4v) is 3.03. The molecule has 22 heavy (non-hydrogen) atoms. The first kappa shape index (κ1) is 14.8. The van der Waals surface area contributed by atoms with Crippen LogP contribution in [0.2, 0.25) is 0 Å². The van der Waals surface area contributed by atoms with Gasteiger partial charge in [-0.3, -0.25) is 4.98 Å². The van der Waals surface area contributed by atoms with Crippen molar-refractivity contribution in [2.24, 2.45) is 0 Å². The van der Waals surface area contributed by atoms with Crippen molar-refractivity contribution in [3.63, 3.8) is 0 Å². The lowest BCUT2D eigenvalue weighted by molar-refractivity contribution is 0.196. The summed E-state index contributed by atoms with van der Waals surface area (Å²) in [5.41, 5.74) is 0.782. The number of carbonyl (C=O) groups excluding carboxylic acids is 1. The molecular formula is C14H17N5O2S. The molecule has 0 radical (unpaired) electrons. The number of rotatable bonds is 3. The molecule has 0 aromatic carbocycles. The zero-order valence-corrected chi connectivity index (χ0v) is 13.0. The second kappa shape index (κ2) is 6.78. The van der Waals surface area contributed by atoms with E-state index in [0.29, 0.717) is 11.7 Å². The van der Waals surface area contributed by atoms with Gasteiger partial charge < -0.3 is 14.7 Å². The summed E-state index contributed by atoms with van der Waals surface area (Å²) in [5, 5.41) is 6.83. The number of thioether (sulfide) groups is 1. The Morgan fingerprint density at radius 1 is 1.45 bits per heavy atom. The minimum absolute atomic E-state index is 0.0890. The molecular weight excluding hydrogens is 302 g/mol. The van der Waals surface area contributed by atoms with Gasteiger partial charge in [-0.1, -0.05) is 5.16 Å². The van der Waals surface area contributed by atoms with Gasteiger partial charge in [0.2, 0.25) is 11.7 Å². The Balaban J connectivity index is 1.64. The molecule has 0 aliphatic carbocycles. The number of nitrogens with zero attached hydrogens (tertiary/aromatic N) is 4. The average molecular weight is 319 g/mol. The van der Waals surface area contributed by atoms with Crippen LogP contribution in [0.3, 0.4) is 0 Å². The first-order chi connectivity index (χ1) is 10.7. The number of amides is 2. The van der Waals surface area contributed by atoms with E-state index in [1.165, 1.54) is 0 Å². The highest BCUT2D eigenvalue weighted by Gasteiger charge is 2.22. The predicted octanol–water partition coefficient (Wildman–Crippen LogP) is 1.95. The van der Waals surface area contributed by atoms with Crippen molar-refractivity contribution in [1.82, 2.24) is 25.3 Å². The molecule has 2 aromatic heterocycles. The van der Waals surface area contributed by atoms with Crippen molar-refractivity contribution >= 4 is 17.8 Å². The third kappa shape index (κ3) is 3.38. The molecule has 7 nitrogen and oxygen atoms in total. The van der Waals surface area contributed by atoms with E-state index < -0.39 is 0 Å². The summed E-state index contributed by atoms with van der Waals surface area (Å²) in [6, 6.07) is 3.25. The Labute approximate surface area is 132 Å². The molecule has 3 heterocycles. The molecule has 1 unspecified atom stereocenters. The van der Waals surface area contributed by atoms with E-state index in [1.807, 2.05) is 35.7 Å². The molecule has 0 bridgehead atoms. The first-order valence-electron chi connectivity index (χ1n) is 7.11. The lowest BCUT2D eigenvalue weighted by Crippen LogP contribution is -2.45. The Hall–Kier alpha value is -2.09. The Kier molecular flexibility index (Phi) is 4.57. The maximum Gasteiger partial charge on any atom is 0.318 e. The molecule has 1 aliphatic rings. The number of nitrogens with one attached hydrogen (secondary N) is 1. The smallest absolute Gasteiger partial charge is 0.318 e. The van der Waals surface area contributed by atoms with Crippen LogP contribution < -0.4 is 5.32 Å². The Morgan fingerprint density at radius 2 is 2.27 bits per heavy atom. The van der Waals surface area contributed by atoms with Crippen LogP contribution in [0.4, 0.5) is 4.79 Å². The van der Waals surface area contributed by atoms with Crippen LogP contribution in [0.15, 0.2) is 29.0 Å². The summed E-state index contributed by atoms with van der Waals surface area (Å²) in [5.74, 6) is 2.82. The molecule has 1 aliphatic heterocycles. The average Bonchev–Trinajstić information content (AvgIpc) is 3.06. The maximum atomic E-state index is 12.2. The minimum Gasteiger partial charge on any atom is -0.337 e. The number of aromatic nitrogens is 3. The van der Waals surface area contributed by atoms with Crippen molar-refractivity contribution in [3.8, 4) is 11.4 Å². The highest BCUT2D eigenvalue weighted by Crippen LogP contribution is 2.18. The van der Waals surface area contributed by atoms with Crippen molar-refractivity contribution in [2.75, 3.05) is 24.6 Å². The maximum absolute atomic E-state index is 12.2. The normalized spacial score (nSPS) is 16.3. The van der Waals surface area contributed by atoms with Crippen molar-refractivity contribution in [1.29, 1.82) is 0 Å². The van der Waals surface area contributed by atoms with E-state index in [0.717, 1.165) is 30.2 Å². The van der Waals surface area contributed by atoms with Crippen molar-refractivity contribution in [3.05, 3.63) is 30.4 Å². The summed E-state index contributed by atoms with van der Waals surface area (Å²) < 4.78 is 5.24. The van der Waals surface area contributed by atoms with Gasteiger partial charge in [-0.25, -0.2) is 4.79 Å². The highest BCUT2D eigenvalue weighted by atomic mass is 32.2. The van der Waals surface area contributed by atoms with Gasteiger partial charge in [-0.05, 0) is 19.1 Å². The molecule has 1 atom stereocenters. The van der Waals surface area contributed by atoms with Gasteiger partial charge in [0.25, 0.3) is 0 Å². The molecule has 8 heteroatoms. The molecule has 0 saturated carbocycles.